The number of benzene rings is 5. The number of phenols is 1. The highest BCUT2D eigenvalue weighted by atomic mass is 16.3. The highest BCUT2D eigenvalue weighted by Gasteiger charge is 2.48. The summed E-state index contributed by atoms with van der Waals surface area (Å²) in [5.41, 5.74) is 13.4. The fraction of sp³-hybridized carbons (Fsp3) is 0.196. The Bertz CT molecular complexity index is 2370. The van der Waals surface area contributed by atoms with Gasteiger partial charge < -0.3 is 5.11 Å². The Morgan fingerprint density at radius 2 is 1.14 bits per heavy atom. The molecule has 1 N–H and O–H groups in total. The Labute approximate surface area is 294 Å². The van der Waals surface area contributed by atoms with E-state index in [1.807, 2.05) is 54.7 Å². The minimum atomic E-state index is -0.770. The van der Waals surface area contributed by atoms with Gasteiger partial charge in [0.05, 0.1) is 39.7 Å². The van der Waals surface area contributed by atoms with Gasteiger partial charge in [-0.15, -0.1) is 0 Å². The van der Waals surface area contributed by atoms with Crippen LogP contribution in [0.15, 0.2) is 134 Å². The van der Waals surface area contributed by atoms with Gasteiger partial charge in [0.2, 0.25) is 0 Å². The van der Waals surface area contributed by atoms with Crippen molar-refractivity contribution in [3.05, 3.63) is 167 Å². The highest BCUT2D eigenvalue weighted by molar-refractivity contribution is 5.87. The number of nitrogens with zero attached hydrogens (tertiary/aromatic N) is 3. The van der Waals surface area contributed by atoms with Crippen LogP contribution in [0.2, 0.25) is 0 Å². The number of rotatable bonds is 4. The molecule has 2 heterocycles. The fourth-order valence-corrected chi connectivity index (χ4v) is 7.48. The molecule has 246 valence electrons. The van der Waals surface area contributed by atoms with E-state index in [1.54, 1.807) is 6.07 Å². The molecule has 0 unspecified atom stereocenters. The summed E-state index contributed by atoms with van der Waals surface area (Å²) in [4.78, 5) is 15.3. The molecule has 0 saturated carbocycles. The van der Waals surface area contributed by atoms with E-state index in [2.05, 4.69) is 114 Å². The summed E-state index contributed by atoms with van der Waals surface area (Å²) in [6.07, 6.45) is 1.87. The maximum Gasteiger partial charge on any atom is 0.124 e. The van der Waals surface area contributed by atoms with Gasteiger partial charge >= 0.3 is 0 Å². The van der Waals surface area contributed by atoms with Gasteiger partial charge in [0, 0.05) is 11.1 Å². The van der Waals surface area contributed by atoms with Gasteiger partial charge in [-0.2, -0.15) is 0 Å². The maximum absolute atomic E-state index is 11.0. The van der Waals surface area contributed by atoms with Crippen molar-refractivity contribution in [2.24, 2.45) is 0 Å². The number of aromatic hydroxyl groups is 1. The second kappa shape index (κ2) is 11.5. The summed E-state index contributed by atoms with van der Waals surface area (Å²) < 4.78 is 0. The molecule has 5 aromatic carbocycles. The second-order valence-corrected chi connectivity index (χ2v) is 15.5. The smallest absolute Gasteiger partial charge is 0.124 e. The Balaban J connectivity index is 1.48. The molecule has 0 radical (unpaired) electrons. The molecule has 1 aliphatic rings. The van der Waals surface area contributed by atoms with Crippen molar-refractivity contribution in [2.75, 3.05) is 0 Å². The van der Waals surface area contributed by atoms with Gasteiger partial charge in [-0.25, -0.2) is 4.98 Å². The number of hydrogen-bond donors (Lipinski definition) is 1. The van der Waals surface area contributed by atoms with Gasteiger partial charge in [-0.1, -0.05) is 126 Å². The van der Waals surface area contributed by atoms with Crippen LogP contribution in [0.25, 0.3) is 44.7 Å². The molecular weight excluding hydrogens is 611 g/mol. The Morgan fingerprint density at radius 1 is 0.520 bits per heavy atom. The summed E-state index contributed by atoms with van der Waals surface area (Å²) in [7, 11) is 0. The number of pyridine rings is 1. The van der Waals surface area contributed by atoms with Crippen LogP contribution < -0.4 is 0 Å². The number of fused-ring (bicyclic) bond motifs is 4. The van der Waals surface area contributed by atoms with Crippen LogP contribution >= 0.6 is 0 Å². The topological polar surface area (TPSA) is 58.9 Å². The largest absolute Gasteiger partial charge is 0.507 e. The predicted molar refractivity (Wildman–Crippen MR) is 205 cm³/mol. The first-order chi connectivity index (χ1) is 23.9. The number of phenolic OH excluding ortho intramolecular Hbond substituents is 1. The lowest BCUT2D eigenvalue weighted by Crippen LogP contribution is -2.31. The molecule has 1 aliphatic carbocycles. The van der Waals surface area contributed by atoms with Crippen LogP contribution in [0.5, 0.6) is 5.75 Å². The van der Waals surface area contributed by atoms with E-state index in [0.29, 0.717) is 5.56 Å². The van der Waals surface area contributed by atoms with Crippen molar-refractivity contribution in [3.63, 3.8) is 0 Å². The van der Waals surface area contributed by atoms with Crippen molar-refractivity contribution in [2.45, 2.75) is 57.8 Å². The molecule has 0 aliphatic heterocycles. The monoisotopic (exact) mass is 651 g/mol. The quantitative estimate of drug-likeness (QED) is 0.206. The van der Waals surface area contributed by atoms with Crippen LogP contribution in [-0.4, -0.2) is 20.1 Å². The summed E-state index contributed by atoms with van der Waals surface area (Å²) in [6.45, 7) is 13.6. The number of aromatic nitrogens is 3. The molecule has 0 saturated heterocycles. The van der Waals surface area contributed by atoms with Gasteiger partial charge in [0.25, 0.3) is 0 Å². The molecule has 0 spiro atoms. The molecule has 2 aromatic heterocycles. The van der Waals surface area contributed by atoms with Crippen molar-refractivity contribution in [1.82, 2.24) is 15.0 Å². The number of para-hydroxylation sites is 3. The Kier molecular flexibility index (Phi) is 7.27. The van der Waals surface area contributed by atoms with E-state index in [1.165, 1.54) is 33.4 Å². The standard InChI is InChI=1S/C46H41N3O/c1-44(2,3)30-21-23-33-34-24-22-31(45(4,5)6)27-37(34)46(36(33)26-30,43-20-12-18-38(49-43)35-15-7-10-19-42(35)50)32-14-11-13-29(25-32)41-28-47-39-16-8-9-17-40(39)48-41/h7-28,50H,1-6H3. The van der Waals surface area contributed by atoms with Crippen LogP contribution in [0.4, 0.5) is 0 Å². The highest BCUT2D eigenvalue weighted by Crippen LogP contribution is 2.57. The summed E-state index contributed by atoms with van der Waals surface area (Å²) in [5.74, 6) is 0.209. The molecule has 4 nitrogen and oxygen atoms in total. The van der Waals surface area contributed by atoms with E-state index in [0.717, 1.165) is 39.2 Å². The fourth-order valence-electron chi connectivity index (χ4n) is 7.48. The normalized spacial score (nSPS) is 13.6. The zero-order valence-electron chi connectivity index (χ0n) is 29.5. The average molecular weight is 652 g/mol. The third-order valence-electron chi connectivity index (χ3n) is 10.2. The van der Waals surface area contributed by atoms with E-state index in [4.69, 9.17) is 15.0 Å². The number of hydrogen-bond acceptors (Lipinski definition) is 4. The zero-order valence-corrected chi connectivity index (χ0v) is 29.5. The third kappa shape index (κ3) is 5.09. The van der Waals surface area contributed by atoms with E-state index in [9.17, 15) is 5.11 Å². The molecule has 0 amide bonds. The first-order valence-corrected chi connectivity index (χ1v) is 17.3. The predicted octanol–water partition coefficient (Wildman–Crippen LogP) is 11.0. The van der Waals surface area contributed by atoms with Crippen LogP contribution in [0.1, 0.15) is 75.1 Å². The molecule has 0 bridgehead atoms. The molecule has 4 heteroatoms. The van der Waals surface area contributed by atoms with Crippen molar-refractivity contribution >= 4 is 11.0 Å². The first kappa shape index (κ1) is 31.6. The van der Waals surface area contributed by atoms with Gasteiger partial charge in [-0.3, -0.25) is 9.97 Å². The molecule has 8 rings (SSSR count). The Morgan fingerprint density at radius 3 is 1.80 bits per heavy atom. The average Bonchev–Trinajstić information content (AvgIpc) is 3.41. The van der Waals surface area contributed by atoms with Gasteiger partial charge in [0.15, 0.2) is 0 Å². The molecule has 50 heavy (non-hydrogen) atoms. The summed E-state index contributed by atoms with van der Waals surface area (Å²) >= 11 is 0. The molecule has 0 atom stereocenters. The van der Waals surface area contributed by atoms with E-state index >= 15 is 0 Å². The first-order valence-electron chi connectivity index (χ1n) is 17.3. The van der Waals surface area contributed by atoms with Gasteiger partial charge in [0.1, 0.15) is 5.75 Å². The third-order valence-corrected chi connectivity index (χ3v) is 10.2. The van der Waals surface area contributed by atoms with E-state index in [-0.39, 0.29) is 16.6 Å². The Hall–Kier alpha value is -5.61. The SMILES string of the molecule is CC(C)(C)c1ccc2c(c1)C(c1cccc(-c3cnc4ccccc4n3)c1)(c1cccc(-c3ccccc3O)n1)c1cc(C(C)(C)C)ccc1-2. The van der Waals surface area contributed by atoms with Crippen LogP contribution in [-0.2, 0) is 16.2 Å². The molecular formula is C46H41N3O. The van der Waals surface area contributed by atoms with E-state index < -0.39 is 5.41 Å². The molecule has 0 fully saturated rings. The summed E-state index contributed by atoms with van der Waals surface area (Å²) in [5, 5.41) is 11.0. The maximum atomic E-state index is 11.0. The molecule has 7 aromatic rings. The van der Waals surface area contributed by atoms with Crippen LogP contribution in [0, 0.1) is 0 Å². The lowest BCUT2D eigenvalue weighted by Gasteiger charge is -2.35. The van der Waals surface area contributed by atoms with Gasteiger partial charge in [-0.05, 0) is 92.2 Å². The second-order valence-electron chi connectivity index (χ2n) is 15.5. The van der Waals surface area contributed by atoms with Crippen molar-refractivity contribution in [3.8, 4) is 39.4 Å². The minimum Gasteiger partial charge on any atom is -0.507 e. The lowest BCUT2D eigenvalue weighted by molar-refractivity contribution is 0.477. The van der Waals surface area contributed by atoms with Crippen molar-refractivity contribution in [1.29, 1.82) is 0 Å². The van der Waals surface area contributed by atoms with Crippen molar-refractivity contribution < 1.29 is 5.11 Å². The lowest BCUT2D eigenvalue weighted by atomic mass is 9.67. The zero-order chi connectivity index (χ0) is 34.8. The summed E-state index contributed by atoms with van der Waals surface area (Å²) in [6, 6.07) is 44.4. The minimum absolute atomic E-state index is 0.0697. The van der Waals surface area contributed by atoms with Crippen LogP contribution in [0.3, 0.4) is 0 Å².